The first-order valence-electron chi connectivity index (χ1n) is 12.9. The van der Waals surface area contributed by atoms with Crippen molar-refractivity contribution in [1.29, 1.82) is 0 Å². The minimum absolute atomic E-state index is 0.0538. The summed E-state index contributed by atoms with van der Waals surface area (Å²) in [6.45, 7) is 2.07. The van der Waals surface area contributed by atoms with Crippen molar-refractivity contribution in [2.24, 2.45) is 11.1 Å². The van der Waals surface area contributed by atoms with Crippen LogP contribution in [0.15, 0.2) is 53.4 Å². The van der Waals surface area contributed by atoms with Crippen LogP contribution in [0, 0.1) is 18.7 Å². The average Bonchev–Trinajstić information content (AvgIpc) is 3.80. The Morgan fingerprint density at radius 2 is 1.92 bits per heavy atom. The maximum absolute atomic E-state index is 14.8. The van der Waals surface area contributed by atoms with Gasteiger partial charge >= 0.3 is 5.97 Å². The van der Waals surface area contributed by atoms with Crippen LogP contribution in [0.4, 0.5) is 4.39 Å². The van der Waals surface area contributed by atoms with Gasteiger partial charge in [0, 0.05) is 28.4 Å². The molecule has 3 N–H and O–H groups in total. The Bertz CT molecular complexity index is 1720. The molecule has 6 rings (SSSR count). The zero-order chi connectivity index (χ0) is 27.5. The number of primary sulfonamides is 1. The summed E-state index contributed by atoms with van der Waals surface area (Å²) in [4.78, 5) is 16.4. The second-order valence-electron chi connectivity index (χ2n) is 10.6. The summed E-state index contributed by atoms with van der Waals surface area (Å²) in [6, 6.07) is 14.6. The van der Waals surface area contributed by atoms with E-state index in [1.807, 2.05) is 0 Å². The molecule has 2 aromatic heterocycles. The van der Waals surface area contributed by atoms with Crippen molar-refractivity contribution in [3.8, 4) is 21.8 Å². The number of hydrogen-bond donors (Lipinski definition) is 2. The maximum Gasteiger partial charge on any atom is 0.355 e. The third kappa shape index (κ3) is 5.28. The van der Waals surface area contributed by atoms with Gasteiger partial charge in [-0.2, -0.15) is 0 Å². The van der Waals surface area contributed by atoms with Crippen LogP contribution in [-0.2, 0) is 23.0 Å². The quantitative estimate of drug-likeness (QED) is 0.260. The Morgan fingerprint density at radius 3 is 2.54 bits per heavy atom. The highest BCUT2D eigenvalue weighted by atomic mass is 32.2. The molecule has 2 aromatic carbocycles. The summed E-state index contributed by atoms with van der Waals surface area (Å²) in [5, 5.41) is 15.4. The van der Waals surface area contributed by atoms with E-state index in [0.29, 0.717) is 33.8 Å². The number of carboxylic acid groups (broad SMARTS) is 1. The van der Waals surface area contributed by atoms with Crippen molar-refractivity contribution >= 4 is 27.3 Å². The number of halogens is 1. The first-order valence-corrected chi connectivity index (χ1v) is 15.3. The van der Waals surface area contributed by atoms with Crippen LogP contribution in [0.25, 0.3) is 21.8 Å². The van der Waals surface area contributed by atoms with Gasteiger partial charge in [0.25, 0.3) is 0 Å². The van der Waals surface area contributed by atoms with E-state index in [9.17, 15) is 22.7 Å². The van der Waals surface area contributed by atoms with E-state index in [-0.39, 0.29) is 5.69 Å². The molecular formula is C29H28FN3O4S2. The van der Waals surface area contributed by atoms with Gasteiger partial charge < -0.3 is 9.67 Å². The van der Waals surface area contributed by atoms with Crippen molar-refractivity contribution in [3.05, 3.63) is 81.7 Å². The highest BCUT2D eigenvalue weighted by Gasteiger charge is 2.30. The minimum Gasteiger partial charge on any atom is -0.476 e. The third-order valence-corrected chi connectivity index (χ3v) is 9.44. The van der Waals surface area contributed by atoms with E-state index >= 15 is 0 Å². The number of nitrogens with zero attached hydrogens (tertiary/aromatic N) is 2. The smallest absolute Gasteiger partial charge is 0.355 e. The van der Waals surface area contributed by atoms with Gasteiger partial charge in [-0.25, -0.2) is 27.7 Å². The molecule has 10 heteroatoms. The van der Waals surface area contributed by atoms with Crippen LogP contribution in [0.3, 0.4) is 0 Å². The molecule has 4 aromatic rings. The fourth-order valence-corrected chi connectivity index (χ4v) is 6.68. The van der Waals surface area contributed by atoms with Crippen LogP contribution in [0.1, 0.15) is 63.8 Å². The molecule has 0 amide bonds. The fourth-order valence-electron chi connectivity index (χ4n) is 5.14. The Labute approximate surface area is 230 Å². The van der Waals surface area contributed by atoms with Gasteiger partial charge in [0.15, 0.2) is 5.69 Å². The number of sulfonamides is 1. The number of hydrogen-bond acceptors (Lipinski definition) is 5. The molecule has 7 nitrogen and oxygen atoms in total. The van der Waals surface area contributed by atoms with Crippen molar-refractivity contribution in [2.45, 2.75) is 56.4 Å². The van der Waals surface area contributed by atoms with Gasteiger partial charge in [-0.3, -0.25) is 0 Å². The van der Waals surface area contributed by atoms with Gasteiger partial charge in [0.1, 0.15) is 15.7 Å². The number of carboxylic acids is 1. The van der Waals surface area contributed by atoms with Crippen molar-refractivity contribution in [1.82, 2.24) is 9.55 Å². The van der Waals surface area contributed by atoms with Gasteiger partial charge in [-0.15, -0.1) is 11.3 Å². The lowest BCUT2D eigenvalue weighted by Crippen LogP contribution is -2.14. The molecule has 2 aliphatic rings. The number of rotatable bonds is 9. The monoisotopic (exact) mass is 565 g/mol. The number of benzene rings is 2. The number of thiazole rings is 1. The minimum atomic E-state index is -4.17. The molecule has 0 unspecified atom stereocenters. The maximum atomic E-state index is 14.8. The molecule has 0 radical (unpaired) electrons. The topological polar surface area (TPSA) is 115 Å². The molecular weight excluding hydrogens is 537 g/mol. The Morgan fingerprint density at radius 1 is 1.15 bits per heavy atom. The Balaban J connectivity index is 1.52. The van der Waals surface area contributed by atoms with E-state index in [2.05, 4.69) is 39.9 Å². The van der Waals surface area contributed by atoms with Crippen LogP contribution >= 0.6 is 11.3 Å². The molecule has 0 bridgehead atoms. The number of aromatic nitrogens is 2. The van der Waals surface area contributed by atoms with Crippen molar-refractivity contribution in [2.75, 3.05) is 0 Å². The summed E-state index contributed by atoms with van der Waals surface area (Å²) in [7, 11) is -4.17. The summed E-state index contributed by atoms with van der Waals surface area (Å²) >= 11 is 1.36. The summed E-state index contributed by atoms with van der Waals surface area (Å²) in [6.07, 6.45) is 5.37. The second kappa shape index (κ2) is 9.69. The van der Waals surface area contributed by atoms with E-state index in [4.69, 9.17) is 5.14 Å². The number of aromatic carboxylic acids is 1. The lowest BCUT2D eigenvalue weighted by molar-refractivity contribution is 0.0690. The van der Waals surface area contributed by atoms with Crippen LogP contribution in [0.2, 0.25) is 0 Å². The largest absolute Gasteiger partial charge is 0.476 e. The zero-order valence-corrected chi connectivity index (χ0v) is 23.0. The molecule has 0 aliphatic heterocycles. The molecule has 0 saturated heterocycles. The van der Waals surface area contributed by atoms with Gasteiger partial charge in [0.2, 0.25) is 10.0 Å². The van der Waals surface area contributed by atoms with E-state index in [1.54, 1.807) is 13.0 Å². The molecule has 2 aliphatic carbocycles. The first-order chi connectivity index (χ1) is 18.6. The Kier molecular flexibility index (Phi) is 6.44. The first kappa shape index (κ1) is 25.9. The molecule has 0 spiro atoms. The highest BCUT2D eigenvalue weighted by molar-refractivity contribution is 7.89. The molecule has 202 valence electrons. The van der Waals surface area contributed by atoms with Crippen LogP contribution in [-0.4, -0.2) is 29.0 Å². The SMILES string of the molecule is Cc1sc(-c2cc(-c3cccc(C4CC4)c3)n(Cc3ccc(S(N)(=O)=O)c(F)c3)c2CC2CC2)nc1C(=O)O. The van der Waals surface area contributed by atoms with E-state index in [0.717, 1.165) is 41.8 Å². The van der Waals surface area contributed by atoms with Gasteiger partial charge in [-0.05, 0) is 91.8 Å². The molecule has 0 atom stereocenters. The van der Waals surface area contributed by atoms with Crippen molar-refractivity contribution in [3.63, 3.8) is 0 Å². The molecule has 2 fully saturated rings. The van der Waals surface area contributed by atoms with Crippen molar-refractivity contribution < 1.29 is 22.7 Å². The summed E-state index contributed by atoms with van der Waals surface area (Å²) < 4.78 is 40.5. The van der Waals surface area contributed by atoms with E-state index < -0.39 is 26.7 Å². The average molecular weight is 566 g/mol. The Hall–Kier alpha value is -3.34. The second-order valence-corrected chi connectivity index (χ2v) is 13.3. The van der Waals surface area contributed by atoms with Crippen LogP contribution < -0.4 is 5.14 Å². The zero-order valence-electron chi connectivity index (χ0n) is 21.4. The lowest BCUT2D eigenvalue weighted by Gasteiger charge is -2.16. The predicted octanol–water partition coefficient (Wildman–Crippen LogP) is 5.95. The number of carbonyl (C=O) groups is 1. The highest BCUT2D eigenvalue weighted by Crippen LogP contribution is 2.44. The predicted molar refractivity (Wildman–Crippen MR) is 148 cm³/mol. The summed E-state index contributed by atoms with van der Waals surface area (Å²) in [5.41, 5.74) is 5.80. The van der Waals surface area contributed by atoms with E-state index in [1.165, 1.54) is 41.9 Å². The number of nitrogens with two attached hydrogens (primary N) is 1. The lowest BCUT2D eigenvalue weighted by atomic mass is 10.0. The normalized spacial score (nSPS) is 15.6. The fraction of sp³-hybridized carbons (Fsp3) is 0.310. The molecule has 39 heavy (non-hydrogen) atoms. The number of aryl methyl sites for hydroxylation is 1. The standard InChI is InChI=1S/C29H28FN3O4S2/c1-16-27(29(34)35)32-28(38-16)22-14-24(21-4-2-3-20(13-21)19-8-9-19)33(25(22)12-17-5-6-17)15-18-7-10-26(23(30)11-18)39(31,36)37/h2-4,7,10-11,13-14,17,19H,5-6,8-9,12,15H2,1H3,(H,34,35)(H2,31,36,37). The summed E-state index contributed by atoms with van der Waals surface area (Å²) in [5.74, 6) is -0.853. The van der Waals surface area contributed by atoms with Crippen LogP contribution in [0.5, 0.6) is 0 Å². The van der Waals surface area contributed by atoms with Gasteiger partial charge in [-0.1, -0.05) is 24.3 Å². The third-order valence-electron chi connectivity index (χ3n) is 7.49. The van der Waals surface area contributed by atoms with Gasteiger partial charge in [0.05, 0.1) is 0 Å². The molecule has 2 saturated carbocycles. The molecule has 2 heterocycles.